The second-order valence-corrected chi connectivity index (χ2v) is 17.5. The Hall–Kier alpha value is -4.46. The van der Waals surface area contributed by atoms with Gasteiger partial charge in [0.15, 0.2) is 0 Å². The summed E-state index contributed by atoms with van der Waals surface area (Å²) in [5, 5.41) is 0. The molecule has 0 spiro atoms. The van der Waals surface area contributed by atoms with Gasteiger partial charge >= 0.3 is 317 Å². The first-order valence-electron chi connectivity index (χ1n) is 18.7. The molecule has 0 amide bonds. The van der Waals surface area contributed by atoms with E-state index in [-0.39, 0.29) is 0 Å². The number of nitrogens with zero attached hydrogens (tertiary/aromatic N) is 2. The van der Waals surface area contributed by atoms with E-state index in [4.69, 9.17) is 9.97 Å². The van der Waals surface area contributed by atoms with E-state index in [0.717, 1.165) is 24.2 Å². The minimum absolute atomic E-state index is 0.354. The molecule has 0 N–H and O–H groups in total. The summed E-state index contributed by atoms with van der Waals surface area (Å²) in [6.07, 6.45) is 16.0. The molecule has 2 atom stereocenters. The van der Waals surface area contributed by atoms with Crippen molar-refractivity contribution in [1.29, 1.82) is 0 Å². The summed E-state index contributed by atoms with van der Waals surface area (Å²) in [6.45, 7) is 4.53. The third kappa shape index (κ3) is 6.94. The van der Waals surface area contributed by atoms with Gasteiger partial charge < -0.3 is 0 Å². The van der Waals surface area contributed by atoms with Crippen LogP contribution in [0.5, 0.6) is 0 Å². The van der Waals surface area contributed by atoms with Crippen LogP contribution in [0.4, 0.5) is 0 Å². The first kappa shape index (κ1) is 33.7. The second kappa shape index (κ2) is 15.4. The molecule has 2 nitrogen and oxygen atoms in total. The second-order valence-electron chi connectivity index (χ2n) is 13.9. The molecule has 51 heavy (non-hydrogen) atoms. The van der Waals surface area contributed by atoms with Crippen molar-refractivity contribution in [3.8, 4) is 22.3 Å². The number of hydrogen-bond acceptors (Lipinski definition) is 2. The first-order chi connectivity index (χ1) is 25.2. The summed E-state index contributed by atoms with van der Waals surface area (Å²) in [6, 6.07) is 45.3. The normalized spacial score (nSPS) is 16.0. The molecule has 2 unspecified atom stereocenters. The van der Waals surface area contributed by atoms with Gasteiger partial charge in [0.1, 0.15) is 0 Å². The number of hydrogen-bond donors (Lipinski definition) is 0. The predicted octanol–water partition coefficient (Wildman–Crippen LogP) is 12.5. The van der Waals surface area contributed by atoms with Crippen molar-refractivity contribution in [3.05, 3.63) is 178 Å². The number of pyridine rings is 2. The zero-order chi connectivity index (χ0) is 34.6. The number of allylic oxidation sites excluding steroid dienone is 2. The van der Waals surface area contributed by atoms with E-state index in [1.807, 2.05) is 24.5 Å². The van der Waals surface area contributed by atoms with Crippen LogP contribution in [0.25, 0.3) is 45.6 Å². The number of rotatable bonds is 12. The molecule has 0 fully saturated rings. The standard InChI is InChI=1S/2C24H22N.Zr/c2*1-2-3-7-18-11-13-19(14-12-18)22-9-6-8-20-16-21(17-23(20)22)24-10-4-5-15-25-24;/h2*4-6,8-17H,2-3,7H2,1H3;. The summed E-state index contributed by atoms with van der Waals surface area (Å²) < 4.78 is 0.707. The van der Waals surface area contributed by atoms with Gasteiger partial charge in [0.2, 0.25) is 0 Å². The van der Waals surface area contributed by atoms with E-state index in [0.29, 0.717) is 7.25 Å². The average Bonchev–Trinajstić information content (AvgIpc) is 3.76. The molecule has 0 saturated heterocycles. The fraction of sp³-hybridized carbons (Fsp3) is 0.208. The summed E-state index contributed by atoms with van der Waals surface area (Å²) in [5.41, 5.74) is 18.7. The third-order valence-corrected chi connectivity index (χ3v) is 15.2. The average molecular weight is 740 g/mol. The van der Waals surface area contributed by atoms with Crippen LogP contribution in [0.3, 0.4) is 0 Å². The Kier molecular flexibility index (Phi) is 10.2. The van der Waals surface area contributed by atoms with Crippen molar-refractivity contribution < 1.29 is 23.2 Å². The molecule has 8 rings (SSSR count). The number of unbranched alkanes of at least 4 members (excludes halogenated alkanes) is 2. The topological polar surface area (TPSA) is 25.8 Å². The van der Waals surface area contributed by atoms with Gasteiger partial charge in [-0.05, 0) is 0 Å². The SMILES string of the molecule is CCCCc1ccc(-c2cccc3c2C=C(c2ccccn2)[CH]3[Zr][CH]2C(c3ccccn3)=Cc3c(-c4ccc(CCCC)cc4)cccc32)cc1. The number of fused-ring (bicyclic) bond motifs is 2. The molecule has 2 aliphatic rings. The van der Waals surface area contributed by atoms with Gasteiger partial charge in [0.25, 0.3) is 0 Å². The van der Waals surface area contributed by atoms with Crippen molar-refractivity contribution in [2.45, 2.75) is 59.6 Å². The van der Waals surface area contributed by atoms with Crippen LogP contribution in [0, 0.1) is 0 Å². The first-order valence-corrected chi connectivity index (χ1v) is 21.5. The Morgan fingerprint density at radius 2 is 0.941 bits per heavy atom. The molecule has 2 aliphatic carbocycles. The summed E-state index contributed by atoms with van der Waals surface area (Å²) in [7, 11) is 0. The molecule has 3 heteroatoms. The van der Waals surface area contributed by atoms with Crippen LogP contribution >= 0.6 is 0 Å². The van der Waals surface area contributed by atoms with Gasteiger partial charge in [-0.15, -0.1) is 0 Å². The fourth-order valence-corrected chi connectivity index (χ4v) is 12.8. The molecule has 0 aliphatic heterocycles. The van der Waals surface area contributed by atoms with Crippen LogP contribution in [0.1, 0.15) is 91.6 Å². The van der Waals surface area contributed by atoms with Crippen LogP contribution in [-0.4, -0.2) is 9.97 Å². The van der Waals surface area contributed by atoms with Gasteiger partial charge in [-0.3, -0.25) is 0 Å². The van der Waals surface area contributed by atoms with Crippen LogP contribution in [0.15, 0.2) is 134 Å². The van der Waals surface area contributed by atoms with Gasteiger partial charge in [-0.1, -0.05) is 0 Å². The molecule has 2 heterocycles. The van der Waals surface area contributed by atoms with E-state index in [1.54, 1.807) is 0 Å². The molecule has 0 bridgehead atoms. The van der Waals surface area contributed by atoms with E-state index >= 15 is 0 Å². The third-order valence-electron chi connectivity index (χ3n) is 10.5. The quantitative estimate of drug-likeness (QED) is 0.125. The van der Waals surface area contributed by atoms with Crippen molar-refractivity contribution >= 4 is 23.3 Å². The van der Waals surface area contributed by atoms with Crippen molar-refractivity contribution in [2.24, 2.45) is 0 Å². The zero-order valence-electron chi connectivity index (χ0n) is 29.6. The summed E-state index contributed by atoms with van der Waals surface area (Å²) in [4.78, 5) is 9.89. The molecule has 250 valence electrons. The Balaban J connectivity index is 1.21. The molecule has 6 aromatic rings. The molecule has 0 saturated carbocycles. The Morgan fingerprint density at radius 1 is 0.490 bits per heavy atom. The van der Waals surface area contributed by atoms with Gasteiger partial charge in [0, 0.05) is 0 Å². The number of aromatic nitrogens is 2. The van der Waals surface area contributed by atoms with Crippen molar-refractivity contribution in [2.75, 3.05) is 0 Å². The van der Waals surface area contributed by atoms with E-state index in [9.17, 15) is 0 Å². The van der Waals surface area contributed by atoms with Crippen molar-refractivity contribution in [1.82, 2.24) is 9.97 Å². The van der Waals surface area contributed by atoms with Crippen LogP contribution in [-0.2, 0) is 36.1 Å². The molecule has 2 aromatic heterocycles. The molecular weight excluding hydrogens is 696 g/mol. The maximum atomic E-state index is 4.94. The van der Waals surface area contributed by atoms with Gasteiger partial charge in [0.05, 0.1) is 0 Å². The van der Waals surface area contributed by atoms with Gasteiger partial charge in [-0.25, -0.2) is 0 Å². The van der Waals surface area contributed by atoms with E-state index in [1.165, 1.54) is 92.5 Å². The minimum atomic E-state index is -1.28. The number of aryl methyl sites for hydroxylation is 2. The number of benzene rings is 4. The van der Waals surface area contributed by atoms with Gasteiger partial charge in [-0.2, -0.15) is 0 Å². The van der Waals surface area contributed by atoms with Crippen LogP contribution < -0.4 is 0 Å². The maximum absolute atomic E-state index is 4.94. The van der Waals surface area contributed by atoms with Crippen molar-refractivity contribution in [3.63, 3.8) is 0 Å². The molecule has 0 radical (unpaired) electrons. The Morgan fingerprint density at radius 3 is 1.33 bits per heavy atom. The van der Waals surface area contributed by atoms with Crippen LogP contribution in [0.2, 0.25) is 0 Å². The zero-order valence-corrected chi connectivity index (χ0v) is 32.1. The predicted molar refractivity (Wildman–Crippen MR) is 211 cm³/mol. The monoisotopic (exact) mass is 738 g/mol. The summed E-state index contributed by atoms with van der Waals surface area (Å²) >= 11 is -1.28. The Bertz CT molecular complexity index is 2020. The fourth-order valence-electron chi connectivity index (χ4n) is 7.81. The molecule has 4 aromatic carbocycles. The van der Waals surface area contributed by atoms with E-state index in [2.05, 4.69) is 135 Å². The Labute approximate surface area is 315 Å². The summed E-state index contributed by atoms with van der Waals surface area (Å²) in [5.74, 6) is 0. The molecular formula is C48H44N2Zr. The van der Waals surface area contributed by atoms with E-state index < -0.39 is 23.2 Å².